The van der Waals surface area contributed by atoms with Crippen LogP contribution in [0.1, 0.15) is 10.4 Å². The molecule has 6 heteroatoms. The van der Waals surface area contributed by atoms with E-state index in [0.29, 0.717) is 22.8 Å². The molecule has 0 unspecified atom stereocenters. The first kappa shape index (κ1) is 17.8. The van der Waals surface area contributed by atoms with Gasteiger partial charge in [0, 0.05) is 16.9 Å². The van der Waals surface area contributed by atoms with Gasteiger partial charge in [-0.05, 0) is 58.3 Å². The Bertz CT molecular complexity index is 1420. The number of benzene rings is 4. The molecule has 0 saturated carbocycles. The van der Waals surface area contributed by atoms with Crippen LogP contribution in [0.3, 0.4) is 0 Å². The molecule has 5 aromatic rings. The van der Waals surface area contributed by atoms with Crippen molar-refractivity contribution in [3.8, 4) is 11.1 Å². The normalized spacial score (nSPS) is 11.1. The lowest BCUT2D eigenvalue weighted by atomic mass is 9.96. The van der Waals surface area contributed by atoms with Gasteiger partial charge in [-0.2, -0.15) is 5.10 Å². The monoisotopic (exact) mass is 393 g/mol. The van der Waals surface area contributed by atoms with Crippen LogP contribution in [0, 0.1) is 0 Å². The molecular weight excluding hydrogens is 374 g/mol. The van der Waals surface area contributed by atoms with Gasteiger partial charge in [-0.15, -0.1) is 0 Å². The largest absolute Gasteiger partial charge is 0.399 e. The number of hydrogen-bond acceptors (Lipinski definition) is 4. The molecule has 1 amide bonds. The average Bonchev–Trinajstić information content (AvgIpc) is 3.14. The number of fused-ring (bicyclic) bond motifs is 2. The maximum Gasteiger partial charge on any atom is 0.256 e. The highest BCUT2D eigenvalue weighted by Gasteiger charge is 2.13. The molecule has 0 atom stereocenters. The molecule has 5 rings (SSSR count). The number of nitrogens with one attached hydrogen (secondary N) is 2. The lowest BCUT2D eigenvalue weighted by molar-refractivity contribution is 0.102. The summed E-state index contributed by atoms with van der Waals surface area (Å²) in [6, 6.07) is 24.8. The zero-order valence-electron chi connectivity index (χ0n) is 16.0. The Morgan fingerprint density at radius 1 is 0.900 bits per heavy atom. The van der Waals surface area contributed by atoms with Gasteiger partial charge in [-0.3, -0.25) is 9.89 Å². The van der Waals surface area contributed by atoms with Crippen LogP contribution < -0.4 is 16.8 Å². The molecule has 0 saturated heterocycles. The number of aromatic amines is 1. The van der Waals surface area contributed by atoms with Gasteiger partial charge in [0.15, 0.2) is 5.82 Å². The topological polar surface area (TPSA) is 110 Å². The Hall–Kier alpha value is -4.32. The number of nitrogens with two attached hydrogens (primary N) is 2. The smallest absolute Gasteiger partial charge is 0.256 e. The van der Waals surface area contributed by atoms with Crippen LogP contribution in [-0.4, -0.2) is 16.1 Å². The minimum atomic E-state index is -0.180. The zero-order valence-corrected chi connectivity index (χ0v) is 16.0. The molecule has 6 nitrogen and oxygen atoms in total. The molecule has 1 heterocycles. The first-order chi connectivity index (χ1) is 14.6. The Morgan fingerprint density at radius 3 is 2.60 bits per heavy atom. The van der Waals surface area contributed by atoms with Crippen molar-refractivity contribution in [3.63, 3.8) is 0 Å². The Balaban J connectivity index is 1.57. The summed E-state index contributed by atoms with van der Waals surface area (Å²) in [5.74, 6) is 0.288. The standard InChI is InChI=1S/C24H19N5O/c25-16-5-2-6-17(13-16)27-24(30)20-8-1-4-14-12-15(10-11-18(14)20)19-7-3-9-21-22(19)23(26)29-28-21/h1-13H,25H2,(H,27,30)(H3,26,28,29). The van der Waals surface area contributed by atoms with Crippen molar-refractivity contribution < 1.29 is 4.79 Å². The third-order valence-electron chi connectivity index (χ3n) is 5.20. The van der Waals surface area contributed by atoms with E-state index in [2.05, 4.69) is 21.6 Å². The minimum absolute atomic E-state index is 0.180. The van der Waals surface area contributed by atoms with Crippen molar-refractivity contribution in [1.29, 1.82) is 0 Å². The predicted molar refractivity (Wildman–Crippen MR) is 122 cm³/mol. The van der Waals surface area contributed by atoms with Gasteiger partial charge in [0.05, 0.1) is 10.9 Å². The molecule has 146 valence electrons. The highest BCUT2D eigenvalue weighted by Crippen LogP contribution is 2.33. The van der Waals surface area contributed by atoms with Gasteiger partial charge in [0.2, 0.25) is 0 Å². The van der Waals surface area contributed by atoms with E-state index in [1.165, 1.54) is 0 Å². The van der Waals surface area contributed by atoms with Crippen molar-refractivity contribution in [2.24, 2.45) is 0 Å². The molecule has 0 aliphatic carbocycles. The first-order valence-corrected chi connectivity index (χ1v) is 9.53. The number of anilines is 3. The number of H-pyrrole nitrogens is 1. The highest BCUT2D eigenvalue weighted by molar-refractivity contribution is 6.14. The first-order valence-electron chi connectivity index (χ1n) is 9.53. The zero-order chi connectivity index (χ0) is 20.7. The molecule has 6 N–H and O–H groups in total. The van der Waals surface area contributed by atoms with Crippen LogP contribution in [-0.2, 0) is 0 Å². The highest BCUT2D eigenvalue weighted by atomic mass is 16.1. The van der Waals surface area contributed by atoms with Crippen molar-refractivity contribution in [2.45, 2.75) is 0 Å². The molecule has 0 bridgehead atoms. The summed E-state index contributed by atoms with van der Waals surface area (Å²) < 4.78 is 0. The number of amides is 1. The number of nitrogen functional groups attached to an aromatic ring is 2. The fourth-order valence-electron chi connectivity index (χ4n) is 3.80. The third-order valence-corrected chi connectivity index (χ3v) is 5.20. The molecular formula is C24H19N5O. The van der Waals surface area contributed by atoms with Crippen molar-refractivity contribution in [3.05, 3.63) is 84.4 Å². The van der Waals surface area contributed by atoms with E-state index < -0.39 is 0 Å². The third kappa shape index (κ3) is 3.00. The van der Waals surface area contributed by atoms with Crippen LogP contribution in [0.5, 0.6) is 0 Å². The number of carbonyl (C=O) groups is 1. The molecule has 0 fully saturated rings. The second-order valence-electron chi connectivity index (χ2n) is 7.16. The van der Waals surface area contributed by atoms with Crippen LogP contribution in [0.4, 0.5) is 17.2 Å². The van der Waals surface area contributed by atoms with E-state index in [9.17, 15) is 4.79 Å². The van der Waals surface area contributed by atoms with Crippen molar-refractivity contribution in [1.82, 2.24) is 10.2 Å². The summed E-state index contributed by atoms with van der Waals surface area (Å²) in [6.45, 7) is 0. The lowest BCUT2D eigenvalue weighted by Gasteiger charge is -2.11. The molecule has 0 aliphatic rings. The number of hydrogen-bond donors (Lipinski definition) is 4. The number of rotatable bonds is 3. The van der Waals surface area contributed by atoms with E-state index >= 15 is 0 Å². The molecule has 0 aliphatic heterocycles. The molecule has 0 radical (unpaired) electrons. The van der Waals surface area contributed by atoms with Crippen LogP contribution in [0.15, 0.2) is 78.9 Å². The summed E-state index contributed by atoms with van der Waals surface area (Å²) in [4.78, 5) is 12.9. The summed E-state index contributed by atoms with van der Waals surface area (Å²) >= 11 is 0. The van der Waals surface area contributed by atoms with Crippen LogP contribution in [0.25, 0.3) is 32.8 Å². The van der Waals surface area contributed by atoms with Gasteiger partial charge < -0.3 is 16.8 Å². The van der Waals surface area contributed by atoms with Gasteiger partial charge in [0.1, 0.15) is 0 Å². The van der Waals surface area contributed by atoms with Gasteiger partial charge >= 0.3 is 0 Å². The van der Waals surface area contributed by atoms with Crippen molar-refractivity contribution >= 4 is 44.8 Å². The molecule has 30 heavy (non-hydrogen) atoms. The van der Waals surface area contributed by atoms with E-state index in [-0.39, 0.29) is 5.91 Å². The van der Waals surface area contributed by atoms with Crippen LogP contribution >= 0.6 is 0 Å². The molecule has 0 spiro atoms. The van der Waals surface area contributed by atoms with Gasteiger partial charge in [0.25, 0.3) is 5.91 Å². The Kier molecular flexibility index (Phi) is 4.10. The SMILES string of the molecule is Nc1cccc(NC(=O)c2cccc3cc(-c4cccc5[nH]nc(N)c45)ccc23)c1. The second kappa shape index (κ2) is 6.93. The number of carbonyl (C=O) groups excluding carboxylic acids is 1. The summed E-state index contributed by atoms with van der Waals surface area (Å²) in [6.07, 6.45) is 0. The Labute approximate surface area is 172 Å². The van der Waals surface area contributed by atoms with Crippen molar-refractivity contribution in [2.75, 3.05) is 16.8 Å². The predicted octanol–water partition coefficient (Wildman–Crippen LogP) is 4.80. The fraction of sp³-hybridized carbons (Fsp3) is 0. The minimum Gasteiger partial charge on any atom is -0.399 e. The lowest BCUT2D eigenvalue weighted by Crippen LogP contribution is -2.12. The van der Waals surface area contributed by atoms with E-state index in [1.54, 1.807) is 12.1 Å². The van der Waals surface area contributed by atoms with Gasteiger partial charge in [-0.1, -0.05) is 42.5 Å². The molecule has 4 aromatic carbocycles. The van der Waals surface area contributed by atoms with E-state index in [1.807, 2.05) is 60.7 Å². The second-order valence-corrected chi connectivity index (χ2v) is 7.16. The van der Waals surface area contributed by atoms with E-state index in [0.717, 1.165) is 32.8 Å². The van der Waals surface area contributed by atoms with E-state index in [4.69, 9.17) is 11.5 Å². The summed E-state index contributed by atoms with van der Waals surface area (Å²) in [7, 11) is 0. The Morgan fingerprint density at radius 2 is 1.73 bits per heavy atom. The fourth-order valence-corrected chi connectivity index (χ4v) is 3.80. The summed E-state index contributed by atoms with van der Waals surface area (Å²) in [5, 5.41) is 12.7. The molecule has 1 aromatic heterocycles. The number of nitrogens with zero attached hydrogens (tertiary/aromatic N) is 1. The maximum absolute atomic E-state index is 12.9. The summed E-state index contributed by atoms with van der Waals surface area (Å²) in [5.41, 5.74) is 16.6. The van der Waals surface area contributed by atoms with Gasteiger partial charge in [-0.25, -0.2) is 0 Å². The van der Waals surface area contributed by atoms with Crippen LogP contribution in [0.2, 0.25) is 0 Å². The number of aromatic nitrogens is 2. The quantitative estimate of drug-likeness (QED) is 0.330. The average molecular weight is 393 g/mol. The maximum atomic E-state index is 12.9.